The van der Waals surface area contributed by atoms with E-state index in [1.807, 2.05) is 6.07 Å². The molecule has 0 aliphatic carbocycles. The first kappa shape index (κ1) is 15.4. The Bertz CT molecular complexity index is 501. The van der Waals surface area contributed by atoms with E-state index in [1.54, 1.807) is 13.0 Å². The number of ether oxygens (including phenoxy) is 4. The van der Waals surface area contributed by atoms with Gasteiger partial charge in [-0.15, -0.1) is 0 Å². The number of hydrogen-bond donors (Lipinski definition) is 1. The van der Waals surface area contributed by atoms with E-state index in [9.17, 15) is 4.79 Å². The Morgan fingerprint density at radius 1 is 1.33 bits per heavy atom. The lowest BCUT2D eigenvalue weighted by atomic mass is 10.1. The summed E-state index contributed by atoms with van der Waals surface area (Å²) in [5, 5.41) is 3.31. The Balaban J connectivity index is 2.10. The summed E-state index contributed by atoms with van der Waals surface area (Å²) < 4.78 is 21.1. The summed E-state index contributed by atoms with van der Waals surface area (Å²) in [6.45, 7) is 6.92. The standard InChI is InChI=1S/C15H21NO5/c1-4-18-15(17)8-19-12-6-14-13(20-9-21-14)5-11(12)7-16-10(2)3/h5-6,10,16H,4,7-9H2,1-3H3. The second-order valence-corrected chi connectivity index (χ2v) is 4.94. The van der Waals surface area contributed by atoms with E-state index in [0.717, 1.165) is 5.56 Å². The van der Waals surface area contributed by atoms with Crippen LogP contribution in [-0.2, 0) is 16.1 Å². The topological polar surface area (TPSA) is 66.0 Å². The highest BCUT2D eigenvalue weighted by Gasteiger charge is 2.19. The van der Waals surface area contributed by atoms with Gasteiger partial charge in [0.05, 0.1) is 6.61 Å². The number of hydrogen-bond acceptors (Lipinski definition) is 6. The summed E-state index contributed by atoms with van der Waals surface area (Å²) in [7, 11) is 0. The van der Waals surface area contributed by atoms with Crippen LogP contribution in [0, 0.1) is 0 Å². The van der Waals surface area contributed by atoms with Crippen LogP contribution in [0.25, 0.3) is 0 Å². The fourth-order valence-corrected chi connectivity index (χ4v) is 1.89. The van der Waals surface area contributed by atoms with E-state index in [4.69, 9.17) is 18.9 Å². The maximum Gasteiger partial charge on any atom is 0.344 e. The van der Waals surface area contributed by atoms with Gasteiger partial charge in [-0.05, 0) is 13.0 Å². The van der Waals surface area contributed by atoms with Gasteiger partial charge in [0.1, 0.15) is 5.75 Å². The van der Waals surface area contributed by atoms with Crippen LogP contribution in [0.5, 0.6) is 17.2 Å². The van der Waals surface area contributed by atoms with E-state index >= 15 is 0 Å². The van der Waals surface area contributed by atoms with Crippen molar-refractivity contribution in [2.75, 3.05) is 20.0 Å². The maximum absolute atomic E-state index is 11.4. The fraction of sp³-hybridized carbons (Fsp3) is 0.533. The van der Waals surface area contributed by atoms with Crippen molar-refractivity contribution in [3.8, 4) is 17.2 Å². The lowest BCUT2D eigenvalue weighted by Gasteiger charge is -2.14. The molecule has 1 aromatic carbocycles. The molecule has 0 aromatic heterocycles. The molecule has 0 fully saturated rings. The van der Waals surface area contributed by atoms with Crippen molar-refractivity contribution in [3.63, 3.8) is 0 Å². The second-order valence-electron chi connectivity index (χ2n) is 4.94. The number of nitrogens with one attached hydrogen (secondary N) is 1. The first-order valence-corrected chi connectivity index (χ1v) is 7.04. The highest BCUT2D eigenvalue weighted by molar-refractivity contribution is 5.71. The third kappa shape index (κ3) is 4.26. The molecule has 1 aliphatic heterocycles. The zero-order valence-corrected chi connectivity index (χ0v) is 12.6. The van der Waals surface area contributed by atoms with Crippen molar-refractivity contribution in [3.05, 3.63) is 17.7 Å². The lowest BCUT2D eigenvalue weighted by Crippen LogP contribution is -2.22. The highest BCUT2D eigenvalue weighted by Crippen LogP contribution is 2.38. The molecule has 0 saturated carbocycles. The molecule has 1 aromatic rings. The summed E-state index contributed by atoms with van der Waals surface area (Å²) >= 11 is 0. The van der Waals surface area contributed by atoms with Gasteiger partial charge in [-0.1, -0.05) is 13.8 Å². The number of rotatable bonds is 7. The Morgan fingerprint density at radius 2 is 2.05 bits per heavy atom. The van der Waals surface area contributed by atoms with Crippen molar-refractivity contribution in [2.24, 2.45) is 0 Å². The SMILES string of the molecule is CCOC(=O)COc1cc2c(cc1CNC(C)C)OCO2. The van der Waals surface area contributed by atoms with Gasteiger partial charge in [-0.3, -0.25) is 0 Å². The monoisotopic (exact) mass is 295 g/mol. The van der Waals surface area contributed by atoms with Gasteiger partial charge >= 0.3 is 5.97 Å². The smallest absolute Gasteiger partial charge is 0.344 e. The van der Waals surface area contributed by atoms with Crippen LogP contribution in [0.4, 0.5) is 0 Å². The molecule has 0 atom stereocenters. The Hall–Kier alpha value is -1.95. The molecule has 1 N–H and O–H groups in total. The lowest BCUT2D eigenvalue weighted by molar-refractivity contribution is -0.145. The molecule has 6 nitrogen and oxygen atoms in total. The molecule has 0 radical (unpaired) electrons. The molecule has 21 heavy (non-hydrogen) atoms. The highest BCUT2D eigenvalue weighted by atomic mass is 16.7. The van der Waals surface area contributed by atoms with Crippen LogP contribution >= 0.6 is 0 Å². The predicted molar refractivity (Wildman–Crippen MR) is 76.7 cm³/mol. The molecule has 0 amide bonds. The van der Waals surface area contributed by atoms with Crippen molar-refractivity contribution >= 4 is 5.97 Å². The average molecular weight is 295 g/mol. The van der Waals surface area contributed by atoms with Crippen molar-refractivity contribution < 1.29 is 23.7 Å². The number of fused-ring (bicyclic) bond motifs is 1. The molecule has 0 bridgehead atoms. The van der Waals surface area contributed by atoms with Gasteiger partial charge in [0.2, 0.25) is 6.79 Å². The Labute approximate surface area is 124 Å². The summed E-state index contributed by atoms with van der Waals surface area (Å²) in [6, 6.07) is 3.96. The second kappa shape index (κ2) is 7.17. The van der Waals surface area contributed by atoms with E-state index in [1.165, 1.54) is 0 Å². The van der Waals surface area contributed by atoms with Crippen LogP contribution in [0.3, 0.4) is 0 Å². The number of carbonyl (C=O) groups excluding carboxylic acids is 1. The first-order chi connectivity index (χ1) is 10.1. The van der Waals surface area contributed by atoms with Gasteiger partial charge in [-0.2, -0.15) is 0 Å². The van der Waals surface area contributed by atoms with Crippen LogP contribution in [0.1, 0.15) is 26.3 Å². The minimum atomic E-state index is -0.391. The molecule has 0 saturated heterocycles. The normalized spacial score (nSPS) is 12.6. The molecule has 1 aliphatic rings. The van der Waals surface area contributed by atoms with Crippen LogP contribution in [0.15, 0.2) is 12.1 Å². The van der Waals surface area contributed by atoms with Crippen LogP contribution in [-0.4, -0.2) is 32.0 Å². The van der Waals surface area contributed by atoms with E-state index in [-0.39, 0.29) is 13.4 Å². The van der Waals surface area contributed by atoms with Gasteiger partial charge in [-0.25, -0.2) is 4.79 Å². The summed E-state index contributed by atoms with van der Waals surface area (Å²) in [6.07, 6.45) is 0. The van der Waals surface area contributed by atoms with Gasteiger partial charge < -0.3 is 24.3 Å². The molecule has 6 heteroatoms. The minimum Gasteiger partial charge on any atom is -0.481 e. The van der Waals surface area contributed by atoms with Gasteiger partial charge in [0.15, 0.2) is 18.1 Å². The quantitative estimate of drug-likeness (QED) is 0.775. The zero-order chi connectivity index (χ0) is 15.2. The summed E-state index contributed by atoms with van der Waals surface area (Å²) in [5.41, 5.74) is 0.914. The Morgan fingerprint density at radius 3 is 2.71 bits per heavy atom. The average Bonchev–Trinajstić information content (AvgIpc) is 2.89. The molecule has 0 unspecified atom stereocenters. The number of carbonyl (C=O) groups is 1. The van der Waals surface area contributed by atoms with Gasteiger partial charge in [0, 0.05) is 24.2 Å². The molecule has 116 valence electrons. The van der Waals surface area contributed by atoms with E-state index in [2.05, 4.69) is 19.2 Å². The summed E-state index contributed by atoms with van der Waals surface area (Å²) in [5.74, 6) is 1.53. The molecular formula is C15H21NO5. The van der Waals surface area contributed by atoms with Crippen LogP contribution < -0.4 is 19.5 Å². The first-order valence-electron chi connectivity index (χ1n) is 7.04. The van der Waals surface area contributed by atoms with Crippen molar-refractivity contribution in [2.45, 2.75) is 33.4 Å². The van der Waals surface area contributed by atoms with Crippen LogP contribution in [0.2, 0.25) is 0 Å². The predicted octanol–water partition coefficient (Wildman–Crippen LogP) is 1.86. The maximum atomic E-state index is 11.4. The Kier molecular flexibility index (Phi) is 5.27. The van der Waals surface area contributed by atoms with E-state index < -0.39 is 5.97 Å². The third-order valence-electron chi connectivity index (χ3n) is 2.91. The molecule has 0 spiro atoms. The minimum absolute atomic E-state index is 0.123. The number of benzene rings is 1. The third-order valence-corrected chi connectivity index (χ3v) is 2.91. The number of esters is 1. The zero-order valence-electron chi connectivity index (χ0n) is 12.6. The fourth-order valence-electron chi connectivity index (χ4n) is 1.89. The largest absolute Gasteiger partial charge is 0.481 e. The van der Waals surface area contributed by atoms with Crippen molar-refractivity contribution in [1.82, 2.24) is 5.32 Å². The molecule has 1 heterocycles. The van der Waals surface area contributed by atoms with E-state index in [0.29, 0.717) is 36.4 Å². The van der Waals surface area contributed by atoms with Crippen molar-refractivity contribution in [1.29, 1.82) is 0 Å². The summed E-state index contributed by atoms with van der Waals surface area (Å²) in [4.78, 5) is 11.4. The van der Waals surface area contributed by atoms with Gasteiger partial charge in [0.25, 0.3) is 0 Å². The molecular weight excluding hydrogens is 274 g/mol. The molecule has 2 rings (SSSR count).